The van der Waals surface area contributed by atoms with Crippen LogP contribution < -0.4 is 10.4 Å². The van der Waals surface area contributed by atoms with E-state index in [4.69, 9.17) is 9.15 Å². The minimum absolute atomic E-state index is 0.0366. The second kappa shape index (κ2) is 4.11. The maximum Gasteiger partial charge on any atom is 0.343 e. The van der Waals surface area contributed by atoms with Crippen molar-refractivity contribution in [2.45, 2.75) is 51.6 Å². The SMILES string of the molecule is C[C@@H]1Oc2c(c(=O)oc3c4c(ccc23)CCCC4)[C@H]1C. The predicted molar refractivity (Wildman–Crippen MR) is 77.6 cm³/mol. The molecule has 1 aliphatic carbocycles. The van der Waals surface area contributed by atoms with E-state index in [1.807, 2.05) is 13.8 Å². The summed E-state index contributed by atoms with van der Waals surface area (Å²) in [6.45, 7) is 4.03. The highest BCUT2D eigenvalue weighted by atomic mass is 16.5. The van der Waals surface area contributed by atoms with Crippen LogP contribution in [0.4, 0.5) is 0 Å². The Morgan fingerprint density at radius 1 is 1.15 bits per heavy atom. The van der Waals surface area contributed by atoms with Crippen LogP contribution in [-0.2, 0) is 12.8 Å². The van der Waals surface area contributed by atoms with Gasteiger partial charge in [-0.3, -0.25) is 0 Å². The van der Waals surface area contributed by atoms with Crippen molar-refractivity contribution < 1.29 is 9.15 Å². The van der Waals surface area contributed by atoms with Crippen LogP contribution in [-0.4, -0.2) is 6.10 Å². The van der Waals surface area contributed by atoms with Gasteiger partial charge in [0.05, 0.1) is 10.9 Å². The van der Waals surface area contributed by atoms with E-state index in [0.717, 1.165) is 29.6 Å². The van der Waals surface area contributed by atoms with Crippen molar-refractivity contribution in [3.05, 3.63) is 39.2 Å². The average Bonchev–Trinajstić information content (AvgIpc) is 2.76. The van der Waals surface area contributed by atoms with Gasteiger partial charge in [0.1, 0.15) is 17.4 Å². The van der Waals surface area contributed by atoms with Crippen molar-refractivity contribution in [3.8, 4) is 5.75 Å². The third kappa shape index (κ3) is 1.49. The molecular formula is C17H18O3. The first kappa shape index (κ1) is 12.0. The van der Waals surface area contributed by atoms with Gasteiger partial charge in [-0.15, -0.1) is 0 Å². The van der Waals surface area contributed by atoms with Crippen molar-refractivity contribution in [3.63, 3.8) is 0 Å². The zero-order chi connectivity index (χ0) is 13.9. The largest absolute Gasteiger partial charge is 0.489 e. The molecule has 1 aliphatic heterocycles. The molecule has 104 valence electrons. The van der Waals surface area contributed by atoms with Gasteiger partial charge in [-0.2, -0.15) is 0 Å². The molecule has 0 N–H and O–H groups in total. The molecule has 0 fully saturated rings. The minimum Gasteiger partial charge on any atom is -0.489 e. The lowest BCUT2D eigenvalue weighted by Gasteiger charge is -2.17. The van der Waals surface area contributed by atoms with Crippen LogP contribution in [0.5, 0.6) is 5.75 Å². The normalized spacial score (nSPS) is 24.3. The van der Waals surface area contributed by atoms with Crippen LogP contribution in [0.15, 0.2) is 21.3 Å². The van der Waals surface area contributed by atoms with Crippen LogP contribution in [0.25, 0.3) is 11.0 Å². The first-order chi connectivity index (χ1) is 9.66. The minimum atomic E-state index is -0.219. The van der Waals surface area contributed by atoms with Gasteiger partial charge in [0.25, 0.3) is 0 Å². The molecule has 0 saturated heterocycles. The summed E-state index contributed by atoms with van der Waals surface area (Å²) in [5, 5.41) is 0.969. The van der Waals surface area contributed by atoms with Gasteiger partial charge in [0.15, 0.2) is 0 Å². The van der Waals surface area contributed by atoms with E-state index in [1.54, 1.807) is 0 Å². The summed E-state index contributed by atoms with van der Waals surface area (Å²) >= 11 is 0. The summed E-state index contributed by atoms with van der Waals surface area (Å²) < 4.78 is 11.6. The fourth-order valence-corrected chi connectivity index (χ4v) is 3.52. The van der Waals surface area contributed by atoms with Gasteiger partial charge < -0.3 is 9.15 Å². The lowest BCUT2D eigenvalue weighted by atomic mass is 9.89. The zero-order valence-electron chi connectivity index (χ0n) is 11.9. The van der Waals surface area contributed by atoms with Crippen LogP contribution in [0.1, 0.15) is 49.3 Å². The average molecular weight is 270 g/mol. The number of aryl methyl sites for hydroxylation is 2. The maximum absolute atomic E-state index is 12.3. The van der Waals surface area contributed by atoms with Gasteiger partial charge >= 0.3 is 5.63 Å². The summed E-state index contributed by atoms with van der Waals surface area (Å²) in [5.74, 6) is 0.853. The van der Waals surface area contributed by atoms with Gasteiger partial charge in [-0.05, 0) is 49.8 Å². The van der Waals surface area contributed by atoms with Gasteiger partial charge in [-0.25, -0.2) is 4.79 Å². The fourth-order valence-electron chi connectivity index (χ4n) is 3.52. The summed E-state index contributed by atoms with van der Waals surface area (Å²) in [6, 6.07) is 4.24. The van der Waals surface area contributed by atoms with E-state index in [-0.39, 0.29) is 17.6 Å². The molecule has 0 amide bonds. The molecule has 2 aliphatic rings. The molecular weight excluding hydrogens is 252 g/mol. The molecule has 20 heavy (non-hydrogen) atoms. The Bertz CT molecular complexity index is 757. The van der Waals surface area contributed by atoms with Crippen LogP contribution in [0.3, 0.4) is 0 Å². The smallest absolute Gasteiger partial charge is 0.343 e. The summed E-state index contributed by atoms with van der Waals surface area (Å²) in [7, 11) is 0. The highest BCUT2D eigenvalue weighted by molar-refractivity contribution is 5.88. The van der Waals surface area contributed by atoms with E-state index in [9.17, 15) is 4.79 Å². The Labute approximate surface area is 117 Å². The van der Waals surface area contributed by atoms with Gasteiger partial charge in [0, 0.05) is 5.92 Å². The van der Waals surface area contributed by atoms with Crippen molar-refractivity contribution >= 4 is 11.0 Å². The number of ether oxygens (including phenoxy) is 1. The van der Waals surface area contributed by atoms with Crippen molar-refractivity contribution in [2.75, 3.05) is 0 Å². The standard InChI is InChI=1S/C17H18O3/c1-9-10(2)19-16-13-8-7-11-5-3-4-6-12(11)15(13)20-17(18)14(9)16/h7-10H,3-6H2,1-2H3/t9-,10-/m0/s1. The molecule has 0 spiro atoms. The summed E-state index contributed by atoms with van der Waals surface area (Å²) in [5.41, 5.74) is 3.78. The quantitative estimate of drug-likeness (QED) is 0.687. The van der Waals surface area contributed by atoms with E-state index < -0.39 is 0 Å². The van der Waals surface area contributed by atoms with Crippen LogP contribution in [0, 0.1) is 0 Å². The predicted octanol–water partition coefficient (Wildman–Crippen LogP) is 3.56. The molecule has 0 saturated carbocycles. The number of rotatable bonds is 0. The Morgan fingerprint density at radius 3 is 2.80 bits per heavy atom. The number of benzene rings is 1. The lowest BCUT2D eigenvalue weighted by Crippen LogP contribution is -2.14. The Balaban J connectivity index is 2.08. The van der Waals surface area contributed by atoms with E-state index >= 15 is 0 Å². The van der Waals surface area contributed by atoms with Crippen molar-refractivity contribution in [1.29, 1.82) is 0 Å². The Kier molecular flexibility index (Phi) is 2.47. The lowest BCUT2D eigenvalue weighted by molar-refractivity contribution is 0.234. The Hall–Kier alpha value is -1.77. The van der Waals surface area contributed by atoms with Crippen molar-refractivity contribution in [1.82, 2.24) is 0 Å². The highest BCUT2D eigenvalue weighted by Crippen LogP contribution is 2.42. The number of hydrogen-bond donors (Lipinski definition) is 0. The first-order valence-corrected chi connectivity index (χ1v) is 7.45. The molecule has 3 nitrogen and oxygen atoms in total. The van der Waals surface area contributed by atoms with Crippen LogP contribution in [0.2, 0.25) is 0 Å². The van der Waals surface area contributed by atoms with E-state index in [0.29, 0.717) is 5.56 Å². The molecule has 1 aromatic carbocycles. The third-order valence-electron chi connectivity index (χ3n) is 4.85. The summed E-state index contributed by atoms with van der Waals surface area (Å²) in [6.07, 6.45) is 4.51. The van der Waals surface area contributed by atoms with E-state index in [1.165, 1.54) is 24.0 Å². The number of hydrogen-bond acceptors (Lipinski definition) is 3. The molecule has 2 aromatic rings. The molecule has 2 heterocycles. The molecule has 0 unspecified atom stereocenters. The zero-order valence-corrected chi connectivity index (χ0v) is 11.9. The summed E-state index contributed by atoms with van der Waals surface area (Å²) in [4.78, 5) is 12.3. The molecule has 1 aromatic heterocycles. The molecule has 4 rings (SSSR count). The van der Waals surface area contributed by atoms with Gasteiger partial charge in [0.2, 0.25) is 0 Å². The fraction of sp³-hybridized carbons (Fsp3) is 0.471. The monoisotopic (exact) mass is 270 g/mol. The Morgan fingerprint density at radius 2 is 1.95 bits per heavy atom. The maximum atomic E-state index is 12.3. The third-order valence-corrected chi connectivity index (χ3v) is 4.85. The highest BCUT2D eigenvalue weighted by Gasteiger charge is 2.34. The first-order valence-electron chi connectivity index (χ1n) is 7.45. The molecule has 3 heteroatoms. The molecule has 0 bridgehead atoms. The second-order valence-corrected chi connectivity index (χ2v) is 6.03. The second-order valence-electron chi connectivity index (χ2n) is 6.03. The van der Waals surface area contributed by atoms with Crippen molar-refractivity contribution in [2.24, 2.45) is 0 Å². The van der Waals surface area contributed by atoms with Crippen LogP contribution >= 0.6 is 0 Å². The molecule has 2 atom stereocenters. The topological polar surface area (TPSA) is 39.4 Å². The van der Waals surface area contributed by atoms with Gasteiger partial charge in [-0.1, -0.05) is 13.0 Å². The van der Waals surface area contributed by atoms with E-state index in [2.05, 4.69) is 12.1 Å². The molecule has 0 radical (unpaired) electrons. The number of fused-ring (bicyclic) bond motifs is 5.